The maximum atomic E-state index is 12.5. The van der Waals surface area contributed by atoms with E-state index in [0.29, 0.717) is 28.4 Å². The molecule has 3 N–H and O–H groups in total. The van der Waals surface area contributed by atoms with Crippen LogP contribution in [0.5, 0.6) is 0 Å². The largest absolute Gasteiger partial charge is 0.478 e. The number of hydrogen-bond donors (Lipinski definition) is 3. The zero-order valence-corrected chi connectivity index (χ0v) is 18.5. The van der Waals surface area contributed by atoms with Gasteiger partial charge in [0.25, 0.3) is 5.91 Å². The van der Waals surface area contributed by atoms with E-state index in [9.17, 15) is 14.4 Å². The van der Waals surface area contributed by atoms with Crippen LogP contribution in [0.25, 0.3) is 0 Å². The van der Waals surface area contributed by atoms with E-state index in [-0.39, 0.29) is 30.5 Å². The number of benzene rings is 2. The lowest BCUT2D eigenvalue weighted by molar-refractivity contribution is -0.116. The van der Waals surface area contributed by atoms with Crippen LogP contribution in [-0.2, 0) is 24.4 Å². The number of aromatic nitrogens is 3. The normalized spacial score (nSPS) is 10.6. The van der Waals surface area contributed by atoms with E-state index in [2.05, 4.69) is 15.7 Å². The second-order valence-corrected chi connectivity index (χ2v) is 7.39. The Bertz CT molecular complexity index is 1210. The van der Waals surface area contributed by atoms with E-state index < -0.39 is 5.97 Å². The second kappa shape index (κ2) is 10.0. The molecule has 0 saturated carbocycles. The number of nitrogens with one attached hydrogen (secondary N) is 2. The van der Waals surface area contributed by atoms with Crippen molar-refractivity contribution >= 4 is 35.7 Å². The lowest BCUT2D eigenvalue weighted by Gasteiger charge is -2.07. The van der Waals surface area contributed by atoms with Gasteiger partial charge in [0.15, 0.2) is 10.6 Å². The molecule has 3 aromatic rings. The number of amides is 2. The highest BCUT2D eigenvalue weighted by atomic mass is 32.1. The first-order valence-electron chi connectivity index (χ1n) is 9.93. The molecule has 9 nitrogen and oxygen atoms in total. The van der Waals surface area contributed by atoms with Crippen molar-refractivity contribution in [2.45, 2.75) is 33.5 Å². The van der Waals surface area contributed by atoms with Crippen LogP contribution < -0.4 is 10.6 Å². The third-order valence-electron chi connectivity index (χ3n) is 4.82. The summed E-state index contributed by atoms with van der Waals surface area (Å²) in [6, 6.07) is 13.1. The number of carbonyl (C=O) groups is 3. The topological polar surface area (TPSA) is 118 Å². The van der Waals surface area contributed by atoms with Crippen LogP contribution in [0.15, 0.2) is 48.5 Å². The minimum absolute atomic E-state index is 0.120. The van der Waals surface area contributed by atoms with Crippen molar-refractivity contribution in [2.75, 3.05) is 5.32 Å². The maximum absolute atomic E-state index is 12.5. The predicted molar refractivity (Wildman–Crippen MR) is 121 cm³/mol. The molecule has 0 atom stereocenters. The van der Waals surface area contributed by atoms with E-state index in [4.69, 9.17) is 17.3 Å². The quantitative estimate of drug-likeness (QED) is 0.451. The standard InChI is InChI=1S/C22H23N5O4S/c1-3-26-18(12-23-20(29)17-7-5-4-6-14(17)2)25-27(22(26)32)13-19(28)24-16-10-8-15(9-11-16)21(30)31/h4-11H,3,12-13H2,1-2H3,(H,23,29)(H,24,28)(H,30,31). The Morgan fingerprint density at radius 2 is 1.78 bits per heavy atom. The average molecular weight is 454 g/mol. The van der Waals surface area contributed by atoms with Crippen molar-refractivity contribution < 1.29 is 19.5 Å². The lowest BCUT2D eigenvalue weighted by atomic mass is 10.1. The van der Waals surface area contributed by atoms with E-state index in [1.165, 1.54) is 28.9 Å². The molecule has 0 spiro atoms. The van der Waals surface area contributed by atoms with Crippen LogP contribution in [-0.4, -0.2) is 37.2 Å². The molecular weight excluding hydrogens is 430 g/mol. The minimum atomic E-state index is -1.04. The van der Waals surface area contributed by atoms with Gasteiger partial charge in [0, 0.05) is 17.8 Å². The predicted octanol–water partition coefficient (Wildman–Crippen LogP) is 3.01. The molecule has 1 heterocycles. The van der Waals surface area contributed by atoms with Crippen molar-refractivity contribution in [3.63, 3.8) is 0 Å². The fourth-order valence-electron chi connectivity index (χ4n) is 3.15. The molecule has 0 aliphatic carbocycles. The summed E-state index contributed by atoms with van der Waals surface area (Å²) < 4.78 is 3.52. The minimum Gasteiger partial charge on any atom is -0.478 e. The van der Waals surface area contributed by atoms with Gasteiger partial charge in [-0.2, -0.15) is 5.10 Å². The number of carboxylic acid groups (broad SMARTS) is 1. The third kappa shape index (κ3) is 5.27. The molecule has 0 fully saturated rings. The van der Waals surface area contributed by atoms with Crippen molar-refractivity contribution in [1.82, 2.24) is 19.7 Å². The van der Waals surface area contributed by atoms with Crippen LogP contribution in [0.1, 0.15) is 39.0 Å². The van der Waals surface area contributed by atoms with Crippen LogP contribution in [0, 0.1) is 11.7 Å². The van der Waals surface area contributed by atoms with Gasteiger partial charge in [-0.1, -0.05) is 18.2 Å². The Hall–Kier alpha value is -3.79. The van der Waals surface area contributed by atoms with Crippen LogP contribution in [0.3, 0.4) is 0 Å². The average Bonchev–Trinajstić information content (AvgIpc) is 3.06. The van der Waals surface area contributed by atoms with Crippen molar-refractivity contribution in [3.05, 3.63) is 75.8 Å². The highest BCUT2D eigenvalue weighted by Crippen LogP contribution is 2.11. The summed E-state index contributed by atoms with van der Waals surface area (Å²) in [4.78, 5) is 35.9. The van der Waals surface area contributed by atoms with Gasteiger partial charge in [-0.05, 0) is 62.0 Å². The fourth-order valence-corrected chi connectivity index (χ4v) is 3.49. The number of carbonyl (C=O) groups excluding carboxylic acids is 2. The fraction of sp³-hybridized carbons (Fsp3) is 0.227. The number of carboxylic acids is 1. The van der Waals surface area contributed by atoms with E-state index in [1.807, 2.05) is 26.0 Å². The molecule has 10 heteroatoms. The SMILES string of the molecule is CCn1c(CNC(=O)c2ccccc2C)nn(CC(=O)Nc2ccc(C(=O)O)cc2)c1=S. The number of nitrogens with zero attached hydrogens (tertiary/aromatic N) is 3. The van der Waals surface area contributed by atoms with Gasteiger partial charge in [0.1, 0.15) is 6.54 Å². The molecule has 3 rings (SSSR count). The number of aromatic carboxylic acids is 1. The Morgan fingerprint density at radius 1 is 1.09 bits per heavy atom. The van der Waals surface area contributed by atoms with Crippen molar-refractivity contribution in [3.8, 4) is 0 Å². The van der Waals surface area contributed by atoms with E-state index in [0.717, 1.165) is 5.56 Å². The molecule has 1 aromatic heterocycles. The lowest BCUT2D eigenvalue weighted by Crippen LogP contribution is -2.25. The third-order valence-corrected chi connectivity index (χ3v) is 5.25. The van der Waals surface area contributed by atoms with E-state index >= 15 is 0 Å². The number of anilines is 1. The van der Waals surface area contributed by atoms with Gasteiger partial charge in [0.2, 0.25) is 5.91 Å². The summed E-state index contributed by atoms with van der Waals surface area (Å²) in [6.07, 6.45) is 0. The highest BCUT2D eigenvalue weighted by molar-refractivity contribution is 7.71. The second-order valence-electron chi connectivity index (χ2n) is 7.03. The zero-order valence-electron chi connectivity index (χ0n) is 17.7. The van der Waals surface area contributed by atoms with Gasteiger partial charge >= 0.3 is 5.97 Å². The molecule has 166 valence electrons. The number of rotatable bonds is 8. The van der Waals surface area contributed by atoms with Crippen LogP contribution >= 0.6 is 12.2 Å². The molecule has 32 heavy (non-hydrogen) atoms. The highest BCUT2D eigenvalue weighted by Gasteiger charge is 2.15. The Morgan fingerprint density at radius 3 is 2.41 bits per heavy atom. The summed E-state index contributed by atoms with van der Waals surface area (Å²) in [7, 11) is 0. The Kier molecular flexibility index (Phi) is 7.16. The number of aryl methyl sites for hydroxylation is 1. The summed E-state index contributed by atoms with van der Waals surface area (Å²) >= 11 is 5.44. The molecule has 0 aliphatic rings. The first-order chi connectivity index (χ1) is 15.3. The van der Waals surface area contributed by atoms with Gasteiger partial charge in [-0.3, -0.25) is 9.59 Å². The molecule has 2 aromatic carbocycles. The summed E-state index contributed by atoms with van der Waals surface area (Å²) in [6.45, 7) is 4.34. The number of hydrogen-bond acceptors (Lipinski definition) is 5. The summed E-state index contributed by atoms with van der Waals surface area (Å²) in [5.74, 6) is -1.08. The summed E-state index contributed by atoms with van der Waals surface area (Å²) in [5.41, 5.74) is 2.05. The molecule has 0 unspecified atom stereocenters. The van der Waals surface area contributed by atoms with Gasteiger partial charge in [-0.15, -0.1) is 0 Å². The van der Waals surface area contributed by atoms with Crippen molar-refractivity contribution in [1.29, 1.82) is 0 Å². The Balaban J connectivity index is 1.68. The Labute approximate surface area is 189 Å². The smallest absolute Gasteiger partial charge is 0.335 e. The van der Waals surface area contributed by atoms with Crippen molar-refractivity contribution in [2.24, 2.45) is 0 Å². The monoisotopic (exact) mass is 453 g/mol. The molecule has 0 saturated heterocycles. The zero-order chi connectivity index (χ0) is 23.3. The van der Waals surface area contributed by atoms with E-state index in [1.54, 1.807) is 16.7 Å². The molecule has 0 radical (unpaired) electrons. The first kappa shape index (κ1) is 22.9. The molecule has 0 bridgehead atoms. The van der Waals surface area contributed by atoms with Gasteiger partial charge < -0.3 is 20.3 Å². The maximum Gasteiger partial charge on any atom is 0.335 e. The first-order valence-corrected chi connectivity index (χ1v) is 10.3. The molecule has 2 amide bonds. The molecule has 0 aliphatic heterocycles. The molecular formula is C22H23N5O4S. The van der Waals surface area contributed by atoms with Crippen LogP contribution in [0.4, 0.5) is 5.69 Å². The van der Waals surface area contributed by atoms with Crippen LogP contribution in [0.2, 0.25) is 0 Å². The van der Waals surface area contributed by atoms with Gasteiger partial charge in [0.05, 0.1) is 12.1 Å². The van der Waals surface area contributed by atoms with Gasteiger partial charge in [-0.25, -0.2) is 9.48 Å². The summed E-state index contributed by atoms with van der Waals surface area (Å²) in [5, 5.41) is 18.9.